The summed E-state index contributed by atoms with van der Waals surface area (Å²) in [6, 6.07) is 13.9. The van der Waals surface area contributed by atoms with E-state index in [0.717, 1.165) is 50.2 Å². The number of ether oxygens (including phenoxy) is 2. The molecule has 0 unspecified atom stereocenters. The molecule has 378 valence electrons. The van der Waals surface area contributed by atoms with Crippen LogP contribution in [-0.2, 0) is 51.0 Å². The highest BCUT2D eigenvalue weighted by atomic mass is 79.9. The predicted octanol–water partition coefficient (Wildman–Crippen LogP) is 15.1. The molecular formula is C50H66Br4O14. The molecule has 0 aliphatic heterocycles. The van der Waals surface area contributed by atoms with Crippen molar-refractivity contribution in [3.8, 4) is 0 Å². The van der Waals surface area contributed by atoms with Crippen LogP contribution in [-0.4, -0.2) is 46.8 Å². The van der Waals surface area contributed by atoms with Crippen molar-refractivity contribution in [2.75, 3.05) is 13.2 Å². The zero-order valence-corrected chi connectivity index (χ0v) is 47.6. The zero-order valence-electron chi connectivity index (χ0n) is 41.2. The Bertz CT molecular complexity index is 2400. The molecule has 0 aromatic carbocycles. The molecule has 6 heterocycles. The van der Waals surface area contributed by atoms with Gasteiger partial charge in [-0.25, -0.2) is 9.59 Å². The summed E-state index contributed by atoms with van der Waals surface area (Å²) in [4.78, 5) is 31.8. The lowest BCUT2D eigenvalue weighted by atomic mass is 9.89. The molecule has 0 amide bonds. The highest BCUT2D eigenvalue weighted by molar-refractivity contribution is 9.11. The van der Waals surface area contributed by atoms with E-state index in [1.54, 1.807) is 31.6 Å². The number of furan rings is 6. The molecular weight excluding hydrogens is 1140 g/mol. The molecule has 6 aromatic heterocycles. The lowest BCUT2D eigenvalue weighted by Crippen LogP contribution is -2.10. The number of aldehydes is 1. The highest BCUT2D eigenvalue weighted by Gasteiger charge is 2.25. The molecule has 14 nitrogen and oxygen atoms in total. The van der Waals surface area contributed by atoms with Gasteiger partial charge >= 0.3 is 11.9 Å². The number of carbonyl (C=O) groups is 3. The summed E-state index contributed by atoms with van der Waals surface area (Å²) in [7, 11) is 0. The Kier molecular flexibility index (Phi) is 26.2. The first-order valence-corrected chi connectivity index (χ1v) is 24.5. The summed E-state index contributed by atoms with van der Waals surface area (Å²) in [6.45, 7) is 30.3. The maximum absolute atomic E-state index is 11.4. The van der Waals surface area contributed by atoms with Crippen molar-refractivity contribution >= 4 is 81.9 Å². The number of esters is 1. The van der Waals surface area contributed by atoms with Gasteiger partial charge in [-0.05, 0) is 159 Å². The number of rotatable bonds is 9. The summed E-state index contributed by atoms with van der Waals surface area (Å²) in [5.74, 6) is 1.20. The Morgan fingerprint density at radius 2 is 1.10 bits per heavy atom. The van der Waals surface area contributed by atoms with Gasteiger partial charge in [-0.1, -0.05) is 83.1 Å². The van der Waals surface area contributed by atoms with Gasteiger partial charge in [0.2, 0.25) is 11.5 Å². The number of carboxylic acids is 1. The molecule has 68 heavy (non-hydrogen) atoms. The number of carbonyl (C=O) groups excluding carboxylic acids is 2. The van der Waals surface area contributed by atoms with Crippen LogP contribution in [0.5, 0.6) is 0 Å². The van der Waals surface area contributed by atoms with Crippen LogP contribution >= 0.6 is 63.7 Å². The molecule has 0 fully saturated rings. The molecule has 0 bridgehead atoms. The number of carboxylic acid groups (broad SMARTS) is 1. The average molecular weight is 1210 g/mol. The Hall–Kier alpha value is -3.91. The van der Waals surface area contributed by atoms with E-state index in [2.05, 4.69) is 151 Å². The van der Waals surface area contributed by atoms with E-state index in [9.17, 15) is 14.4 Å². The van der Waals surface area contributed by atoms with Crippen molar-refractivity contribution in [1.82, 2.24) is 0 Å². The smallest absolute Gasteiger partial charge is 0.374 e. The second-order valence-electron chi connectivity index (χ2n) is 18.6. The first-order valence-electron chi connectivity index (χ1n) is 21.3. The molecule has 0 atom stereocenters. The average Bonchev–Trinajstić information content (AvgIpc) is 4.10. The number of halogens is 4. The molecule has 0 aliphatic carbocycles. The quantitative estimate of drug-likeness (QED) is 0.0909. The van der Waals surface area contributed by atoms with Crippen LogP contribution < -0.4 is 0 Å². The van der Waals surface area contributed by atoms with E-state index in [0.29, 0.717) is 39.8 Å². The SMILES string of the molecule is CC(C)(C)c1cc(CO)oc1Br.CC(C)(C)c1coc(C=O)c1.CC(C)(C)c1coc(CO)c1.CCOC(=O)c1cc(C(C)(C)C)c(Br)o1.CCOCc1ccc(Br)o1.O=C(O)c1ccc(Br)o1. The number of hydrogen-bond donors (Lipinski definition) is 3. The van der Waals surface area contributed by atoms with Crippen molar-refractivity contribution in [2.45, 2.75) is 138 Å². The summed E-state index contributed by atoms with van der Waals surface area (Å²) in [5, 5.41) is 25.8. The van der Waals surface area contributed by atoms with Crippen molar-refractivity contribution in [2.24, 2.45) is 0 Å². The van der Waals surface area contributed by atoms with Gasteiger partial charge < -0.3 is 51.3 Å². The second kappa shape index (κ2) is 28.7. The van der Waals surface area contributed by atoms with Gasteiger partial charge in [0.05, 0.1) is 19.1 Å². The van der Waals surface area contributed by atoms with Crippen LogP contribution in [0.25, 0.3) is 0 Å². The minimum absolute atomic E-state index is 0.0178. The first-order chi connectivity index (χ1) is 31.4. The van der Waals surface area contributed by atoms with Crippen LogP contribution in [0.15, 0.2) is 106 Å². The number of aromatic carboxylic acids is 1. The number of hydrogen-bond acceptors (Lipinski definition) is 13. The minimum Gasteiger partial charge on any atom is -0.475 e. The van der Waals surface area contributed by atoms with Gasteiger partial charge in [0.25, 0.3) is 0 Å². The van der Waals surface area contributed by atoms with E-state index in [4.69, 9.17) is 46.9 Å². The fourth-order valence-electron chi connectivity index (χ4n) is 4.92. The van der Waals surface area contributed by atoms with Gasteiger partial charge in [0.15, 0.2) is 30.7 Å². The molecule has 0 spiro atoms. The largest absolute Gasteiger partial charge is 0.475 e. The van der Waals surface area contributed by atoms with Crippen molar-refractivity contribution < 1.29 is 65.7 Å². The van der Waals surface area contributed by atoms with Gasteiger partial charge in [-0.15, -0.1) is 0 Å². The summed E-state index contributed by atoms with van der Waals surface area (Å²) < 4.78 is 42.9. The van der Waals surface area contributed by atoms with E-state index in [1.165, 1.54) is 12.1 Å². The number of aliphatic hydroxyl groups excluding tert-OH is 2. The second-order valence-corrected chi connectivity index (χ2v) is 21.6. The Balaban J connectivity index is 0.000000411. The molecule has 3 N–H and O–H groups in total. The fourth-order valence-corrected chi connectivity index (χ4v) is 7.36. The Morgan fingerprint density at radius 1 is 0.588 bits per heavy atom. The van der Waals surface area contributed by atoms with Crippen molar-refractivity contribution in [3.05, 3.63) is 137 Å². The molecule has 0 aliphatic rings. The lowest BCUT2D eigenvalue weighted by molar-refractivity contribution is 0.0488. The maximum atomic E-state index is 11.4. The third kappa shape index (κ3) is 22.7. The monoisotopic (exact) mass is 1210 g/mol. The van der Waals surface area contributed by atoms with Gasteiger partial charge in [0.1, 0.15) is 37.1 Å². The minimum atomic E-state index is -1.05. The van der Waals surface area contributed by atoms with Gasteiger partial charge in [-0.3, -0.25) is 4.79 Å². The van der Waals surface area contributed by atoms with E-state index < -0.39 is 11.9 Å². The summed E-state index contributed by atoms with van der Waals surface area (Å²) >= 11 is 12.8. The van der Waals surface area contributed by atoms with Crippen LogP contribution in [0.4, 0.5) is 0 Å². The van der Waals surface area contributed by atoms with Crippen molar-refractivity contribution in [3.63, 3.8) is 0 Å². The summed E-state index contributed by atoms with van der Waals surface area (Å²) in [5.41, 5.74) is 4.39. The lowest BCUT2D eigenvalue weighted by Gasteiger charge is -2.15. The predicted molar refractivity (Wildman–Crippen MR) is 273 cm³/mol. The molecule has 6 aromatic rings. The van der Waals surface area contributed by atoms with Crippen LogP contribution in [0.3, 0.4) is 0 Å². The topological polar surface area (TPSA) is 209 Å². The Morgan fingerprint density at radius 3 is 1.43 bits per heavy atom. The van der Waals surface area contributed by atoms with E-state index in [1.807, 2.05) is 31.2 Å². The van der Waals surface area contributed by atoms with Gasteiger partial charge in [0, 0.05) is 17.7 Å². The number of aliphatic hydroxyl groups is 2. The van der Waals surface area contributed by atoms with Crippen LogP contribution in [0.2, 0.25) is 0 Å². The zero-order chi connectivity index (χ0) is 52.2. The van der Waals surface area contributed by atoms with Crippen molar-refractivity contribution in [1.29, 1.82) is 0 Å². The highest BCUT2D eigenvalue weighted by Crippen LogP contribution is 2.34. The normalized spacial score (nSPS) is 11.2. The third-order valence-corrected chi connectivity index (χ3v) is 10.8. The fraction of sp³-hybridized carbons (Fsp3) is 0.460. The van der Waals surface area contributed by atoms with E-state index in [-0.39, 0.29) is 46.4 Å². The maximum Gasteiger partial charge on any atom is 0.374 e. The molecule has 0 saturated heterocycles. The van der Waals surface area contributed by atoms with Crippen LogP contribution in [0, 0.1) is 0 Å². The molecule has 0 saturated carbocycles. The first kappa shape index (κ1) is 62.1. The molecule has 0 radical (unpaired) electrons. The summed E-state index contributed by atoms with van der Waals surface area (Å²) in [6.07, 6.45) is 4.05. The Labute approximate surface area is 433 Å². The molecule has 18 heteroatoms. The standard InChI is InChI=1S/C11H15BrO3.C9H13BrO2.C9H14O2.C9H12O2.C7H9BrO2.C5H3BrO3/c1-5-14-10(13)8-6-7(9(12)15-8)11(2,3)4;1-9(2,3)7-4-6(5-11)12-8(7)10;2*1-9(2,3)7-4-8(5-10)11-6-7;1-2-9-5-6-3-4-7(8)10-6;6-4-2-1-3(9-4)5(7)8/h6H,5H2,1-4H3;4,11H,5H2,1-3H3;4,6,10H,5H2,1-3H3;4-6H,1-3H3;3-4H,2,5H2,1H3;1-2H,(H,7,8). The van der Waals surface area contributed by atoms with Crippen LogP contribution in [0.1, 0.15) is 168 Å². The van der Waals surface area contributed by atoms with Gasteiger partial charge in [-0.2, -0.15) is 0 Å². The third-order valence-electron chi connectivity index (χ3n) is 8.81. The molecule has 6 rings (SSSR count). The van der Waals surface area contributed by atoms with E-state index >= 15 is 0 Å².